The summed E-state index contributed by atoms with van der Waals surface area (Å²) in [4.78, 5) is 12.7. The normalized spacial score (nSPS) is 11.0. The maximum Gasteiger partial charge on any atom is 0.281 e. The maximum atomic E-state index is 12.7. The van der Waals surface area contributed by atoms with E-state index in [0.29, 0.717) is 22.8 Å². The highest BCUT2D eigenvalue weighted by Crippen LogP contribution is 2.28. The molecule has 0 saturated heterocycles. The minimum Gasteiger partial charge on any atom is -0.493 e. The Morgan fingerprint density at radius 2 is 2.00 bits per heavy atom. The van der Waals surface area contributed by atoms with Gasteiger partial charge < -0.3 is 5.11 Å². The largest absolute Gasteiger partial charge is 0.493 e. The van der Waals surface area contributed by atoms with Crippen LogP contribution in [0.5, 0.6) is 5.88 Å². The second-order valence-corrected chi connectivity index (χ2v) is 6.49. The molecule has 1 heterocycles. The highest BCUT2D eigenvalue weighted by molar-refractivity contribution is 6.31. The number of aromatic hydroxyl groups is 1. The monoisotopic (exact) mass is 372 g/mol. The first kappa shape index (κ1) is 19.7. The van der Waals surface area contributed by atoms with Crippen molar-refractivity contribution in [1.82, 2.24) is 4.57 Å². The molecule has 0 saturated carbocycles. The fraction of sp³-hybridized carbons (Fsp3) is 0.368. The lowest BCUT2D eigenvalue weighted by Gasteiger charge is -2.12. The lowest BCUT2D eigenvalue weighted by molar-refractivity contribution is 0.398. The molecule has 1 aromatic carbocycles. The Labute approximate surface area is 157 Å². The number of hydrogen-bond acceptors (Lipinski definition) is 5. The van der Waals surface area contributed by atoms with E-state index < -0.39 is 5.56 Å². The Kier molecular flexibility index (Phi) is 6.53. The van der Waals surface area contributed by atoms with E-state index >= 15 is 0 Å². The standard InChI is InChI=1S/C19H21ClN4O2/c1-4-5-6-9-24-18(25)15(11-21)13(3)17(19(24)26)23-22-14-8-7-12(2)16(20)10-14/h7-8,10,25H,4-6,9H2,1-3H3. The Balaban J connectivity index is 2.51. The molecule has 0 aliphatic heterocycles. The summed E-state index contributed by atoms with van der Waals surface area (Å²) in [6.07, 6.45) is 2.62. The van der Waals surface area contributed by atoms with Gasteiger partial charge in [0, 0.05) is 17.1 Å². The van der Waals surface area contributed by atoms with Crippen molar-refractivity contribution >= 4 is 23.0 Å². The second kappa shape index (κ2) is 8.63. The van der Waals surface area contributed by atoms with Gasteiger partial charge in [-0.15, -0.1) is 5.11 Å². The van der Waals surface area contributed by atoms with E-state index in [1.54, 1.807) is 19.1 Å². The number of nitrogens with zero attached hydrogens (tertiary/aromatic N) is 4. The van der Waals surface area contributed by atoms with Gasteiger partial charge in [-0.25, -0.2) is 0 Å². The summed E-state index contributed by atoms with van der Waals surface area (Å²) in [5.74, 6) is -0.316. The van der Waals surface area contributed by atoms with Gasteiger partial charge >= 0.3 is 0 Å². The van der Waals surface area contributed by atoms with Crippen LogP contribution in [0.3, 0.4) is 0 Å². The summed E-state index contributed by atoms with van der Waals surface area (Å²) in [7, 11) is 0. The van der Waals surface area contributed by atoms with Gasteiger partial charge in [-0.05, 0) is 38.0 Å². The molecule has 136 valence electrons. The zero-order valence-electron chi connectivity index (χ0n) is 15.1. The third-order valence-corrected chi connectivity index (χ3v) is 4.58. The van der Waals surface area contributed by atoms with Crippen molar-refractivity contribution < 1.29 is 5.11 Å². The van der Waals surface area contributed by atoms with Crippen LogP contribution in [0.1, 0.15) is 42.9 Å². The fourth-order valence-electron chi connectivity index (χ4n) is 2.54. The molecule has 0 bridgehead atoms. The summed E-state index contributed by atoms with van der Waals surface area (Å²) in [5, 5.41) is 28.3. The van der Waals surface area contributed by atoms with Crippen LogP contribution in [-0.4, -0.2) is 9.67 Å². The van der Waals surface area contributed by atoms with Gasteiger partial charge in [0.1, 0.15) is 11.6 Å². The molecule has 0 radical (unpaired) electrons. The van der Waals surface area contributed by atoms with Gasteiger partial charge in [0.05, 0.1) is 5.69 Å². The third-order valence-electron chi connectivity index (χ3n) is 4.18. The summed E-state index contributed by atoms with van der Waals surface area (Å²) in [5.41, 5.74) is 1.35. The zero-order valence-corrected chi connectivity index (χ0v) is 15.8. The number of aromatic nitrogens is 1. The molecule has 2 rings (SSSR count). The first-order valence-corrected chi connectivity index (χ1v) is 8.82. The molecule has 7 heteroatoms. The molecule has 1 N–H and O–H groups in total. The topological polar surface area (TPSA) is 90.7 Å². The van der Waals surface area contributed by atoms with Gasteiger partial charge in [0.2, 0.25) is 5.88 Å². The number of pyridine rings is 1. The van der Waals surface area contributed by atoms with Gasteiger partial charge in [-0.1, -0.05) is 37.4 Å². The van der Waals surface area contributed by atoms with Gasteiger partial charge in [-0.2, -0.15) is 10.4 Å². The maximum absolute atomic E-state index is 12.7. The molecule has 0 aliphatic rings. The number of benzene rings is 1. The summed E-state index contributed by atoms with van der Waals surface area (Å²) in [6, 6.07) is 7.15. The minimum atomic E-state index is -0.461. The molecule has 0 atom stereocenters. The van der Waals surface area contributed by atoms with Crippen molar-refractivity contribution in [1.29, 1.82) is 5.26 Å². The van der Waals surface area contributed by atoms with E-state index in [2.05, 4.69) is 10.2 Å². The Morgan fingerprint density at radius 3 is 2.62 bits per heavy atom. The highest BCUT2D eigenvalue weighted by atomic mass is 35.5. The summed E-state index contributed by atoms with van der Waals surface area (Å²) < 4.78 is 1.19. The Bertz CT molecular complexity index is 942. The van der Waals surface area contributed by atoms with Gasteiger partial charge in [0.15, 0.2) is 5.69 Å². The Hall–Kier alpha value is -2.65. The van der Waals surface area contributed by atoms with Crippen LogP contribution >= 0.6 is 11.6 Å². The summed E-state index contributed by atoms with van der Waals surface area (Å²) >= 11 is 6.08. The molecule has 26 heavy (non-hydrogen) atoms. The van der Waals surface area contributed by atoms with Crippen LogP contribution < -0.4 is 5.56 Å². The zero-order chi connectivity index (χ0) is 19.3. The number of azo groups is 1. The van der Waals surface area contributed by atoms with E-state index in [0.717, 1.165) is 24.8 Å². The molecule has 2 aromatic rings. The first-order chi connectivity index (χ1) is 12.4. The molecular weight excluding hydrogens is 352 g/mol. The molecule has 6 nitrogen and oxygen atoms in total. The number of halogens is 1. The van der Waals surface area contributed by atoms with E-state index in [1.165, 1.54) is 4.57 Å². The quantitative estimate of drug-likeness (QED) is 0.550. The third kappa shape index (κ3) is 4.12. The second-order valence-electron chi connectivity index (χ2n) is 6.08. The van der Waals surface area contributed by atoms with Crippen molar-refractivity contribution in [3.8, 4) is 11.9 Å². The molecule has 0 aliphatic carbocycles. The van der Waals surface area contributed by atoms with Crippen LogP contribution in [0.25, 0.3) is 0 Å². The van der Waals surface area contributed by atoms with Crippen LogP contribution in [0.15, 0.2) is 33.2 Å². The fourth-order valence-corrected chi connectivity index (χ4v) is 2.71. The van der Waals surface area contributed by atoms with Crippen molar-refractivity contribution in [2.24, 2.45) is 10.2 Å². The van der Waals surface area contributed by atoms with E-state index in [4.69, 9.17) is 11.6 Å². The van der Waals surface area contributed by atoms with E-state index in [1.807, 2.05) is 26.0 Å². The number of unbranched alkanes of at least 4 members (excludes halogenated alkanes) is 2. The lowest BCUT2D eigenvalue weighted by Crippen LogP contribution is -2.22. The molecule has 0 spiro atoms. The van der Waals surface area contributed by atoms with Crippen molar-refractivity contribution in [3.63, 3.8) is 0 Å². The molecule has 0 fully saturated rings. The first-order valence-electron chi connectivity index (χ1n) is 8.45. The average Bonchev–Trinajstić information content (AvgIpc) is 2.61. The van der Waals surface area contributed by atoms with Gasteiger partial charge in [0.25, 0.3) is 5.56 Å². The number of rotatable bonds is 6. The smallest absolute Gasteiger partial charge is 0.281 e. The predicted molar refractivity (Wildman–Crippen MR) is 102 cm³/mol. The SMILES string of the molecule is CCCCCn1c(O)c(C#N)c(C)c(N=Nc2ccc(C)c(Cl)c2)c1=O. The van der Waals surface area contributed by atoms with Crippen LogP contribution in [0.4, 0.5) is 11.4 Å². The Morgan fingerprint density at radius 1 is 1.27 bits per heavy atom. The molecule has 0 unspecified atom stereocenters. The van der Waals surface area contributed by atoms with Crippen LogP contribution in [-0.2, 0) is 6.54 Å². The summed E-state index contributed by atoms with van der Waals surface area (Å²) in [6.45, 7) is 5.82. The molecule has 1 aromatic heterocycles. The van der Waals surface area contributed by atoms with Crippen LogP contribution in [0, 0.1) is 25.2 Å². The van der Waals surface area contributed by atoms with Crippen molar-refractivity contribution in [2.75, 3.05) is 0 Å². The van der Waals surface area contributed by atoms with E-state index in [-0.39, 0.29) is 17.1 Å². The van der Waals surface area contributed by atoms with Crippen LogP contribution in [0.2, 0.25) is 5.02 Å². The van der Waals surface area contributed by atoms with Crippen molar-refractivity contribution in [2.45, 2.75) is 46.6 Å². The molecule has 0 amide bonds. The average molecular weight is 373 g/mol. The molecular formula is C19H21ClN4O2. The number of hydrogen-bond donors (Lipinski definition) is 1. The number of aryl methyl sites for hydroxylation is 1. The van der Waals surface area contributed by atoms with Crippen molar-refractivity contribution in [3.05, 3.63) is 50.3 Å². The minimum absolute atomic E-state index is 0.0389. The van der Waals surface area contributed by atoms with E-state index in [9.17, 15) is 15.2 Å². The highest BCUT2D eigenvalue weighted by Gasteiger charge is 2.18. The number of nitriles is 1. The van der Waals surface area contributed by atoms with Gasteiger partial charge in [-0.3, -0.25) is 9.36 Å². The lowest BCUT2D eigenvalue weighted by atomic mass is 10.1. The predicted octanol–water partition coefficient (Wildman–Crippen LogP) is 5.30.